The van der Waals surface area contributed by atoms with Crippen LogP contribution in [-0.2, 0) is 9.59 Å². The van der Waals surface area contributed by atoms with Crippen LogP contribution in [0.3, 0.4) is 0 Å². The van der Waals surface area contributed by atoms with E-state index in [1.807, 2.05) is 55.5 Å². The molecule has 0 radical (unpaired) electrons. The van der Waals surface area contributed by atoms with Crippen LogP contribution >= 0.6 is 27.3 Å². The topological polar surface area (TPSA) is 71.1 Å². The first-order chi connectivity index (χ1) is 15.7. The fraction of sp³-hybridized carbons (Fsp3) is 0.269. The smallest absolute Gasteiger partial charge is 0.256 e. The molecule has 1 unspecified atom stereocenters. The second-order valence-corrected chi connectivity index (χ2v) is 11.4. The van der Waals surface area contributed by atoms with Crippen LogP contribution in [0.25, 0.3) is 10.2 Å². The van der Waals surface area contributed by atoms with E-state index in [-0.39, 0.29) is 17.1 Å². The Kier molecular flexibility index (Phi) is 5.49. The third-order valence-electron chi connectivity index (χ3n) is 6.19. The molecule has 2 heterocycles. The van der Waals surface area contributed by atoms with Crippen molar-refractivity contribution in [1.29, 1.82) is 0 Å². The van der Waals surface area contributed by atoms with Crippen molar-refractivity contribution in [1.82, 2.24) is 10.3 Å². The Morgan fingerprint density at radius 1 is 1.18 bits per heavy atom. The van der Waals surface area contributed by atoms with Gasteiger partial charge in [0.1, 0.15) is 0 Å². The molecule has 0 saturated carbocycles. The second kappa shape index (κ2) is 8.22. The monoisotopic (exact) mass is 521 g/mol. The Bertz CT molecular complexity index is 1350. The quantitative estimate of drug-likeness (QED) is 0.424. The highest BCUT2D eigenvalue weighted by Crippen LogP contribution is 2.46. The Morgan fingerprint density at radius 3 is 2.70 bits per heavy atom. The Morgan fingerprint density at radius 2 is 1.94 bits per heavy atom. The average molecular weight is 522 g/mol. The number of anilines is 1. The van der Waals surface area contributed by atoms with Gasteiger partial charge in [0.05, 0.1) is 10.2 Å². The molecule has 2 N–H and O–H groups in total. The lowest BCUT2D eigenvalue weighted by atomic mass is 9.68. The van der Waals surface area contributed by atoms with Crippen LogP contribution in [-0.4, -0.2) is 16.7 Å². The minimum absolute atomic E-state index is 0.102. The first kappa shape index (κ1) is 22.0. The van der Waals surface area contributed by atoms with Crippen LogP contribution in [0, 0.1) is 5.41 Å². The van der Waals surface area contributed by atoms with Gasteiger partial charge in [-0.2, -0.15) is 0 Å². The van der Waals surface area contributed by atoms with Gasteiger partial charge in [0.15, 0.2) is 10.9 Å². The maximum Gasteiger partial charge on any atom is 0.256 e. The number of fused-ring (bicyclic) bond motifs is 1. The van der Waals surface area contributed by atoms with Crippen molar-refractivity contribution in [3.05, 3.63) is 81.1 Å². The molecular formula is C26H24BrN3O2S. The standard InChI is InChI=1S/C26H24BrN3O2S/c1-14-21(24(32)30-25-29-17-11-16(27)9-10-20(17)33-25)22(15-7-5-4-6-8-15)23-18(28-14)12-26(2,3)13-19(23)31/h4-11,22,28H,12-13H2,1-3H3,(H,29,30,32). The zero-order chi connectivity index (χ0) is 23.3. The molecule has 5 rings (SSSR count). The number of Topliss-reactive ketones (excluding diaryl/α,β-unsaturated/α-hetero) is 1. The highest BCUT2D eigenvalue weighted by atomic mass is 79.9. The summed E-state index contributed by atoms with van der Waals surface area (Å²) in [6, 6.07) is 15.7. The summed E-state index contributed by atoms with van der Waals surface area (Å²) in [5.74, 6) is -0.545. The third kappa shape index (κ3) is 4.15. The molecule has 7 heteroatoms. The number of allylic oxidation sites excluding steroid dienone is 3. The van der Waals surface area contributed by atoms with Crippen molar-refractivity contribution in [2.24, 2.45) is 5.41 Å². The summed E-state index contributed by atoms with van der Waals surface area (Å²) < 4.78 is 1.94. The summed E-state index contributed by atoms with van der Waals surface area (Å²) in [5.41, 5.74) is 4.64. The number of benzene rings is 2. The second-order valence-electron chi connectivity index (χ2n) is 9.43. The van der Waals surface area contributed by atoms with Crippen molar-refractivity contribution in [3.63, 3.8) is 0 Å². The van der Waals surface area contributed by atoms with Crippen molar-refractivity contribution >= 4 is 54.3 Å². The molecule has 0 bridgehead atoms. The zero-order valence-corrected chi connectivity index (χ0v) is 21.1. The number of nitrogens with one attached hydrogen (secondary N) is 2. The number of amides is 1. The lowest BCUT2D eigenvalue weighted by Gasteiger charge is -2.39. The third-order valence-corrected chi connectivity index (χ3v) is 7.63. The number of aromatic nitrogens is 1. The lowest BCUT2D eigenvalue weighted by Crippen LogP contribution is -2.39. The predicted molar refractivity (Wildman–Crippen MR) is 136 cm³/mol. The molecule has 0 saturated heterocycles. The molecular weight excluding hydrogens is 498 g/mol. The number of thiazole rings is 1. The average Bonchev–Trinajstić information content (AvgIpc) is 3.13. The number of ketones is 1. The highest BCUT2D eigenvalue weighted by molar-refractivity contribution is 9.10. The minimum atomic E-state index is -0.408. The van der Waals surface area contributed by atoms with Gasteiger partial charge in [-0.25, -0.2) is 4.98 Å². The van der Waals surface area contributed by atoms with Gasteiger partial charge in [-0.1, -0.05) is 71.4 Å². The van der Waals surface area contributed by atoms with Crippen molar-refractivity contribution in [2.45, 2.75) is 39.5 Å². The lowest BCUT2D eigenvalue weighted by molar-refractivity contribution is -0.118. The number of hydrogen-bond acceptors (Lipinski definition) is 5. The molecule has 0 spiro atoms. The molecule has 1 amide bonds. The Labute approximate surface area is 205 Å². The van der Waals surface area contributed by atoms with E-state index in [0.29, 0.717) is 22.7 Å². The number of dihydropyridines is 1. The first-order valence-corrected chi connectivity index (χ1v) is 12.5. The number of nitrogens with zero attached hydrogens (tertiary/aromatic N) is 1. The molecule has 2 aromatic carbocycles. The highest BCUT2D eigenvalue weighted by Gasteiger charge is 2.42. The van der Waals surface area contributed by atoms with E-state index in [1.54, 1.807) is 0 Å². The number of halogens is 1. The molecule has 5 nitrogen and oxygen atoms in total. The van der Waals surface area contributed by atoms with E-state index < -0.39 is 5.92 Å². The van der Waals surface area contributed by atoms with E-state index in [2.05, 4.69) is 45.4 Å². The van der Waals surface area contributed by atoms with Gasteiger partial charge >= 0.3 is 0 Å². The summed E-state index contributed by atoms with van der Waals surface area (Å²) in [5, 5.41) is 6.95. The molecule has 33 heavy (non-hydrogen) atoms. The van der Waals surface area contributed by atoms with Crippen molar-refractivity contribution in [3.8, 4) is 0 Å². The summed E-state index contributed by atoms with van der Waals surface area (Å²) in [6.07, 6.45) is 1.24. The number of hydrogen-bond donors (Lipinski definition) is 2. The largest absolute Gasteiger partial charge is 0.362 e. The van der Waals surface area contributed by atoms with Crippen LogP contribution in [0.2, 0.25) is 0 Å². The normalized spacial score (nSPS) is 20.0. The van der Waals surface area contributed by atoms with Gasteiger partial charge in [-0.05, 0) is 42.5 Å². The number of carbonyl (C=O) groups excluding carboxylic acids is 2. The Hall–Kier alpha value is -2.77. The van der Waals surface area contributed by atoms with Gasteiger partial charge in [-0.3, -0.25) is 14.9 Å². The molecule has 1 atom stereocenters. The van der Waals surface area contributed by atoms with E-state index >= 15 is 0 Å². The molecule has 1 aliphatic heterocycles. The molecule has 1 aliphatic carbocycles. The van der Waals surface area contributed by atoms with Crippen LogP contribution in [0.5, 0.6) is 0 Å². The van der Waals surface area contributed by atoms with Gasteiger partial charge in [0.25, 0.3) is 5.91 Å². The van der Waals surface area contributed by atoms with Gasteiger partial charge in [0, 0.05) is 39.4 Å². The summed E-state index contributed by atoms with van der Waals surface area (Å²) in [7, 11) is 0. The molecule has 2 aliphatic rings. The molecule has 3 aromatic rings. The molecule has 1 aromatic heterocycles. The predicted octanol–water partition coefficient (Wildman–Crippen LogP) is 6.30. The van der Waals surface area contributed by atoms with Crippen molar-refractivity contribution < 1.29 is 9.59 Å². The summed E-state index contributed by atoms with van der Waals surface area (Å²) in [4.78, 5) is 31.6. The summed E-state index contributed by atoms with van der Waals surface area (Å²) >= 11 is 4.90. The first-order valence-electron chi connectivity index (χ1n) is 10.9. The summed E-state index contributed by atoms with van der Waals surface area (Å²) in [6.45, 7) is 6.14. The van der Waals surface area contributed by atoms with E-state index in [0.717, 1.165) is 38.1 Å². The molecule has 168 valence electrons. The van der Waals surface area contributed by atoms with E-state index in [9.17, 15) is 9.59 Å². The van der Waals surface area contributed by atoms with E-state index in [4.69, 9.17) is 0 Å². The fourth-order valence-electron chi connectivity index (χ4n) is 4.83. The van der Waals surface area contributed by atoms with Gasteiger partial charge in [0.2, 0.25) is 0 Å². The fourth-order valence-corrected chi connectivity index (χ4v) is 6.02. The van der Waals surface area contributed by atoms with E-state index in [1.165, 1.54) is 11.3 Å². The van der Waals surface area contributed by atoms with Crippen LogP contribution in [0.15, 0.2) is 75.5 Å². The number of rotatable bonds is 3. The number of carbonyl (C=O) groups is 2. The van der Waals surface area contributed by atoms with Crippen LogP contribution in [0.1, 0.15) is 45.1 Å². The zero-order valence-electron chi connectivity index (χ0n) is 18.7. The van der Waals surface area contributed by atoms with Crippen LogP contribution in [0.4, 0.5) is 5.13 Å². The van der Waals surface area contributed by atoms with Gasteiger partial charge < -0.3 is 5.32 Å². The minimum Gasteiger partial charge on any atom is -0.362 e. The maximum atomic E-state index is 13.6. The maximum absolute atomic E-state index is 13.6. The van der Waals surface area contributed by atoms with Crippen LogP contribution < -0.4 is 10.6 Å². The Balaban J connectivity index is 1.56. The molecule has 0 fully saturated rings. The van der Waals surface area contributed by atoms with Gasteiger partial charge in [-0.15, -0.1) is 0 Å². The van der Waals surface area contributed by atoms with Crippen molar-refractivity contribution in [2.75, 3.05) is 5.32 Å². The SMILES string of the molecule is CC1=C(C(=O)Nc2nc3cc(Br)ccc3s2)C(c2ccccc2)C2=C(CC(C)(C)CC2=O)N1.